The van der Waals surface area contributed by atoms with Crippen LogP contribution in [0.3, 0.4) is 0 Å². The minimum absolute atomic E-state index is 0. The van der Waals surface area contributed by atoms with Gasteiger partial charge in [0.15, 0.2) is 5.96 Å². The Morgan fingerprint density at radius 3 is 2.89 bits per heavy atom. The summed E-state index contributed by atoms with van der Waals surface area (Å²) in [5.74, 6) is 1.30. The van der Waals surface area contributed by atoms with E-state index >= 15 is 0 Å². The fourth-order valence-electron chi connectivity index (χ4n) is 1.74. The molecule has 0 saturated heterocycles. The van der Waals surface area contributed by atoms with Crippen molar-refractivity contribution in [3.63, 3.8) is 0 Å². The fourth-order valence-corrected chi connectivity index (χ4v) is 1.74. The summed E-state index contributed by atoms with van der Waals surface area (Å²) in [7, 11) is 0. The van der Waals surface area contributed by atoms with Crippen molar-refractivity contribution in [3.8, 4) is 0 Å². The summed E-state index contributed by atoms with van der Waals surface area (Å²) in [4.78, 5) is 12.5. The van der Waals surface area contributed by atoms with Gasteiger partial charge in [-0.05, 0) is 18.8 Å². The first kappa shape index (κ1) is 15.1. The quantitative estimate of drug-likeness (QED) is 0.472. The molecule has 1 aliphatic carbocycles. The van der Waals surface area contributed by atoms with E-state index in [0.717, 1.165) is 31.1 Å². The van der Waals surface area contributed by atoms with Crippen molar-refractivity contribution in [2.45, 2.75) is 25.7 Å². The summed E-state index contributed by atoms with van der Waals surface area (Å²) in [6, 6.07) is 0. The molecule has 18 heavy (non-hydrogen) atoms. The van der Waals surface area contributed by atoms with Crippen LogP contribution in [0.25, 0.3) is 0 Å². The minimum Gasteiger partial charge on any atom is -0.370 e. The summed E-state index contributed by atoms with van der Waals surface area (Å²) in [5.41, 5.74) is 6.73. The molecule has 6 heteroatoms. The molecule has 1 saturated carbocycles. The minimum atomic E-state index is 0. The third-order valence-corrected chi connectivity index (χ3v) is 3.05. The average Bonchev–Trinajstić information content (AvgIpc) is 2.28. The van der Waals surface area contributed by atoms with Crippen molar-refractivity contribution in [1.82, 2.24) is 15.3 Å². The topological polar surface area (TPSA) is 76.2 Å². The molecule has 1 fully saturated rings. The Morgan fingerprint density at radius 2 is 2.28 bits per heavy atom. The van der Waals surface area contributed by atoms with Crippen molar-refractivity contribution in [2.75, 3.05) is 13.1 Å². The van der Waals surface area contributed by atoms with Crippen LogP contribution in [0.15, 0.2) is 23.6 Å². The van der Waals surface area contributed by atoms with E-state index in [4.69, 9.17) is 5.73 Å². The Labute approximate surface area is 125 Å². The smallest absolute Gasteiger partial charge is 0.188 e. The van der Waals surface area contributed by atoms with E-state index in [1.54, 1.807) is 18.6 Å². The second-order valence-corrected chi connectivity index (χ2v) is 4.40. The van der Waals surface area contributed by atoms with Crippen LogP contribution in [0, 0.1) is 5.92 Å². The van der Waals surface area contributed by atoms with Gasteiger partial charge in [-0.2, -0.15) is 0 Å². The van der Waals surface area contributed by atoms with Gasteiger partial charge in [0.1, 0.15) is 0 Å². The number of guanidine groups is 1. The molecular weight excluding hydrogens is 341 g/mol. The normalized spacial score (nSPS) is 15.7. The maximum absolute atomic E-state index is 5.77. The highest BCUT2D eigenvalue weighted by atomic mass is 127. The first-order chi connectivity index (χ1) is 8.34. The van der Waals surface area contributed by atoms with Crippen molar-refractivity contribution in [2.24, 2.45) is 16.6 Å². The lowest BCUT2D eigenvalue weighted by Crippen LogP contribution is -2.34. The molecule has 1 aromatic rings. The molecule has 1 aromatic heterocycles. The molecule has 2 rings (SSSR count). The van der Waals surface area contributed by atoms with Gasteiger partial charge >= 0.3 is 0 Å². The number of aromatic nitrogens is 2. The number of hydrogen-bond donors (Lipinski definition) is 2. The van der Waals surface area contributed by atoms with Crippen molar-refractivity contribution in [1.29, 1.82) is 0 Å². The molecule has 0 atom stereocenters. The lowest BCUT2D eigenvalue weighted by atomic mass is 9.86. The molecule has 0 bridgehead atoms. The molecule has 0 spiro atoms. The molecule has 100 valence electrons. The first-order valence-corrected chi connectivity index (χ1v) is 6.13. The summed E-state index contributed by atoms with van der Waals surface area (Å²) < 4.78 is 0. The number of nitrogens with two attached hydrogens (primary N) is 1. The van der Waals surface area contributed by atoms with Gasteiger partial charge < -0.3 is 11.1 Å². The molecule has 0 radical (unpaired) electrons. The molecule has 3 N–H and O–H groups in total. The predicted octanol–water partition coefficient (Wildman–Crippen LogP) is 1.34. The maximum atomic E-state index is 5.77. The van der Waals surface area contributed by atoms with Crippen LogP contribution in [0.1, 0.15) is 25.0 Å². The van der Waals surface area contributed by atoms with E-state index in [1.807, 2.05) is 0 Å². The number of aliphatic imine (C=N–C) groups is 1. The monoisotopic (exact) mass is 361 g/mol. The van der Waals surface area contributed by atoms with Gasteiger partial charge in [0.2, 0.25) is 0 Å². The van der Waals surface area contributed by atoms with E-state index < -0.39 is 0 Å². The Balaban J connectivity index is 0.00000162. The predicted molar refractivity (Wildman–Crippen MR) is 83.0 cm³/mol. The first-order valence-electron chi connectivity index (χ1n) is 6.13. The highest BCUT2D eigenvalue weighted by molar-refractivity contribution is 14.0. The fraction of sp³-hybridized carbons (Fsp3) is 0.583. The molecule has 1 heterocycles. The number of nitrogens with zero attached hydrogens (tertiary/aromatic N) is 3. The van der Waals surface area contributed by atoms with Crippen LogP contribution in [0.4, 0.5) is 0 Å². The molecular formula is C12H20IN5. The second-order valence-electron chi connectivity index (χ2n) is 4.40. The van der Waals surface area contributed by atoms with Gasteiger partial charge in [0.05, 0.1) is 5.69 Å². The van der Waals surface area contributed by atoms with Gasteiger partial charge in [-0.1, -0.05) is 6.42 Å². The largest absolute Gasteiger partial charge is 0.370 e. The van der Waals surface area contributed by atoms with Crippen molar-refractivity contribution >= 4 is 29.9 Å². The highest BCUT2D eigenvalue weighted by Gasteiger charge is 2.16. The summed E-state index contributed by atoms with van der Waals surface area (Å²) in [5, 5.41) is 3.09. The Hall–Kier alpha value is -0.920. The summed E-state index contributed by atoms with van der Waals surface area (Å²) >= 11 is 0. The van der Waals surface area contributed by atoms with Gasteiger partial charge in [-0.3, -0.25) is 15.0 Å². The molecule has 1 aliphatic rings. The third-order valence-electron chi connectivity index (χ3n) is 3.05. The molecule has 0 unspecified atom stereocenters. The van der Waals surface area contributed by atoms with Gasteiger partial charge in [0, 0.05) is 38.1 Å². The van der Waals surface area contributed by atoms with E-state index in [1.165, 1.54) is 19.3 Å². The van der Waals surface area contributed by atoms with Gasteiger partial charge in [-0.15, -0.1) is 24.0 Å². The molecule has 0 amide bonds. The lowest BCUT2D eigenvalue weighted by molar-refractivity contribution is 0.326. The van der Waals surface area contributed by atoms with E-state index in [9.17, 15) is 0 Å². The number of halogens is 1. The lowest BCUT2D eigenvalue weighted by Gasteiger charge is -2.23. The molecule has 0 aliphatic heterocycles. The van der Waals surface area contributed by atoms with E-state index in [2.05, 4.69) is 20.3 Å². The molecule has 0 aromatic carbocycles. The summed E-state index contributed by atoms with van der Waals surface area (Å²) in [6.45, 7) is 1.61. The number of nitrogens with one attached hydrogen (secondary N) is 1. The second kappa shape index (κ2) is 8.23. The van der Waals surface area contributed by atoms with Crippen molar-refractivity contribution in [3.05, 3.63) is 24.3 Å². The molecule has 5 nitrogen and oxygen atoms in total. The standard InChI is InChI=1S/C12H19N5.HI/c13-12(17-8-10-2-1-3-10)16-5-4-11-9-14-6-7-15-11;/h6-7,9-10H,1-5,8H2,(H3,13,16,17);1H. The zero-order valence-electron chi connectivity index (χ0n) is 10.4. The average molecular weight is 361 g/mol. The zero-order chi connectivity index (χ0) is 11.9. The SMILES string of the molecule is I.NC(=NCC1CCC1)NCCc1cnccn1. The van der Waals surface area contributed by atoms with Gasteiger partial charge in [0.25, 0.3) is 0 Å². The van der Waals surface area contributed by atoms with Gasteiger partial charge in [-0.25, -0.2) is 0 Å². The Bertz CT molecular complexity index is 364. The van der Waals surface area contributed by atoms with E-state index in [-0.39, 0.29) is 24.0 Å². The zero-order valence-corrected chi connectivity index (χ0v) is 12.7. The van der Waals surface area contributed by atoms with Crippen LogP contribution in [-0.2, 0) is 6.42 Å². The van der Waals surface area contributed by atoms with Crippen LogP contribution in [0.5, 0.6) is 0 Å². The number of hydrogen-bond acceptors (Lipinski definition) is 3. The summed E-state index contributed by atoms with van der Waals surface area (Å²) in [6.07, 6.45) is 9.90. The highest BCUT2D eigenvalue weighted by Crippen LogP contribution is 2.26. The van der Waals surface area contributed by atoms with E-state index in [0.29, 0.717) is 5.96 Å². The van der Waals surface area contributed by atoms with Crippen LogP contribution < -0.4 is 11.1 Å². The maximum Gasteiger partial charge on any atom is 0.188 e. The number of rotatable bonds is 5. The Morgan fingerprint density at radius 1 is 1.44 bits per heavy atom. The Kier molecular flexibility index (Phi) is 6.92. The van der Waals surface area contributed by atoms with Crippen LogP contribution in [-0.4, -0.2) is 29.0 Å². The third kappa shape index (κ3) is 5.16. The van der Waals surface area contributed by atoms with Crippen LogP contribution in [0.2, 0.25) is 0 Å². The van der Waals surface area contributed by atoms with Crippen LogP contribution >= 0.6 is 24.0 Å². The van der Waals surface area contributed by atoms with Crippen molar-refractivity contribution < 1.29 is 0 Å².